The topological polar surface area (TPSA) is 71.5 Å². The van der Waals surface area contributed by atoms with Gasteiger partial charge in [0.1, 0.15) is 9.84 Å². The number of rotatable bonds is 5. The molecule has 0 bridgehead atoms. The summed E-state index contributed by atoms with van der Waals surface area (Å²) < 4.78 is 22.9. The van der Waals surface area contributed by atoms with Gasteiger partial charge in [0.25, 0.3) is 0 Å². The second kappa shape index (κ2) is 4.95. The van der Waals surface area contributed by atoms with Crippen LogP contribution in [0.25, 0.3) is 0 Å². The molecular weight excluding hydrogens is 230 g/mol. The van der Waals surface area contributed by atoms with Gasteiger partial charge in [-0.05, 0) is 12.8 Å². The Morgan fingerprint density at radius 1 is 1.31 bits per heavy atom. The lowest BCUT2D eigenvalue weighted by atomic mass is 10.1. The molecule has 0 aromatic rings. The van der Waals surface area contributed by atoms with Crippen LogP contribution in [0, 0.1) is 5.92 Å². The number of sulfone groups is 1. The first-order chi connectivity index (χ1) is 7.37. The van der Waals surface area contributed by atoms with Gasteiger partial charge in [-0.3, -0.25) is 14.5 Å². The summed E-state index contributed by atoms with van der Waals surface area (Å²) in [6, 6.07) is 0. The molecule has 2 amide bonds. The molecular formula is C10H17NO4S. The molecule has 1 aliphatic rings. The lowest BCUT2D eigenvalue weighted by Crippen LogP contribution is -2.26. The van der Waals surface area contributed by atoms with Crippen LogP contribution in [0.5, 0.6) is 0 Å². The summed E-state index contributed by atoms with van der Waals surface area (Å²) >= 11 is 0. The van der Waals surface area contributed by atoms with Crippen LogP contribution in [0.3, 0.4) is 0 Å². The van der Waals surface area contributed by atoms with Crippen molar-refractivity contribution in [3.05, 3.63) is 0 Å². The van der Waals surface area contributed by atoms with Gasteiger partial charge < -0.3 is 0 Å². The van der Waals surface area contributed by atoms with E-state index >= 15 is 0 Å². The summed E-state index contributed by atoms with van der Waals surface area (Å²) in [5.74, 6) is -0.764. The van der Waals surface area contributed by atoms with E-state index in [2.05, 4.69) is 0 Å². The van der Waals surface area contributed by atoms with Gasteiger partial charge in [-0.1, -0.05) is 6.92 Å². The monoisotopic (exact) mass is 247 g/mol. The minimum atomic E-state index is -3.06. The van der Waals surface area contributed by atoms with Crippen molar-refractivity contribution in [1.29, 1.82) is 0 Å². The van der Waals surface area contributed by atoms with Crippen LogP contribution in [0.1, 0.15) is 26.2 Å². The van der Waals surface area contributed by atoms with Crippen LogP contribution in [0.2, 0.25) is 0 Å². The number of hydrogen-bond donors (Lipinski definition) is 0. The molecule has 1 heterocycles. The highest BCUT2D eigenvalue weighted by atomic mass is 32.2. The molecule has 0 spiro atoms. The summed E-state index contributed by atoms with van der Waals surface area (Å²) in [5, 5.41) is 0. The molecule has 0 aromatic heterocycles. The van der Waals surface area contributed by atoms with Gasteiger partial charge in [-0.2, -0.15) is 0 Å². The summed E-state index contributed by atoms with van der Waals surface area (Å²) in [6.07, 6.45) is 0.994. The van der Waals surface area contributed by atoms with Crippen LogP contribution < -0.4 is 0 Å². The number of imide groups is 1. The second-order valence-electron chi connectivity index (χ2n) is 4.13. The predicted molar refractivity (Wildman–Crippen MR) is 59.4 cm³/mol. The van der Waals surface area contributed by atoms with Crippen LogP contribution in [-0.2, 0) is 19.4 Å². The van der Waals surface area contributed by atoms with E-state index in [4.69, 9.17) is 0 Å². The van der Waals surface area contributed by atoms with Gasteiger partial charge in [0.2, 0.25) is 11.8 Å². The largest absolute Gasteiger partial charge is 0.285 e. The van der Waals surface area contributed by atoms with Crippen LogP contribution in [0.15, 0.2) is 0 Å². The minimum Gasteiger partial charge on any atom is -0.285 e. The van der Waals surface area contributed by atoms with Crippen molar-refractivity contribution in [3.63, 3.8) is 0 Å². The average molecular weight is 247 g/mol. The quantitative estimate of drug-likeness (QED) is 0.651. The molecule has 16 heavy (non-hydrogen) atoms. The first-order valence-electron chi connectivity index (χ1n) is 5.38. The fraction of sp³-hybridized carbons (Fsp3) is 0.800. The van der Waals surface area contributed by atoms with Crippen molar-refractivity contribution in [2.75, 3.05) is 18.6 Å². The molecule has 1 fully saturated rings. The third kappa shape index (κ3) is 3.04. The highest BCUT2D eigenvalue weighted by Gasteiger charge is 2.36. The average Bonchev–Trinajstić information content (AvgIpc) is 2.43. The Kier molecular flexibility index (Phi) is 4.07. The van der Waals surface area contributed by atoms with Gasteiger partial charge in [0, 0.05) is 25.1 Å². The number of amides is 2. The van der Waals surface area contributed by atoms with E-state index in [0.29, 0.717) is 6.42 Å². The maximum Gasteiger partial charge on any atom is 0.232 e. The summed E-state index contributed by atoms with van der Waals surface area (Å²) in [5.41, 5.74) is 0. The molecule has 0 aliphatic carbocycles. The molecule has 1 unspecified atom stereocenters. The molecule has 5 nitrogen and oxygen atoms in total. The maximum atomic E-state index is 11.5. The van der Waals surface area contributed by atoms with Gasteiger partial charge in [-0.25, -0.2) is 8.42 Å². The Balaban J connectivity index is 2.52. The maximum absolute atomic E-state index is 11.5. The van der Waals surface area contributed by atoms with Crippen LogP contribution in [-0.4, -0.2) is 43.7 Å². The molecule has 1 saturated heterocycles. The van der Waals surface area contributed by atoms with Gasteiger partial charge in [0.15, 0.2) is 0 Å². The van der Waals surface area contributed by atoms with Crippen molar-refractivity contribution >= 4 is 21.7 Å². The van der Waals surface area contributed by atoms with E-state index in [1.807, 2.05) is 0 Å². The summed E-state index contributed by atoms with van der Waals surface area (Å²) in [7, 11) is -1.62. The molecule has 1 aliphatic heterocycles. The smallest absolute Gasteiger partial charge is 0.232 e. The third-order valence-corrected chi connectivity index (χ3v) is 4.66. The van der Waals surface area contributed by atoms with Crippen molar-refractivity contribution in [2.45, 2.75) is 26.2 Å². The van der Waals surface area contributed by atoms with Gasteiger partial charge >= 0.3 is 0 Å². The Morgan fingerprint density at radius 3 is 2.38 bits per heavy atom. The lowest BCUT2D eigenvalue weighted by Gasteiger charge is -2.08. The number of carbonyl (C=O) groups excluding carboxylic acids is 2. The van der Waals surface area contributed by atoms with Gasteiger partial charge in [0.05, 0.1) is 5.75 Å². The minimum absolute atomic E-state index is 0.00162. The molecule has 0 radical (unpaired) electrons. The number of likely N-dealkylation sites (tertiary alicyclic amines) is 1. The molecule has 0 N–H and O–H groups in total. The zero-order chi connectivity index (χ0) is 12.3. The first-order valence-corrected chi connectivity index (χ1v) is 7.20. The first kappa shape index (κ1) is 13.2. The molecule has 1 rings (SSSR count). The Labute approximate surface area is 95.7 Å². The number of nitrogens with zero attached hydrogens (tertiary/aromatic N) is 1. The second-order valence-corrected chi connectivity index (χ2v) is 6.44. The Bertz CT molecular complexity index is 388. The molecule has 0 saturated carbocycles. The van der Waals surface area contributed by atoms with E-state index in [1.165, 1.54) is 7.05 Å². The zero-order valence-corrected chi connectivity index (χ0v) is 10.4. The predicted octanol–water partition coefficient (Wildman–Crippen LogP) is 0.206. The summed E-state index contributed by atoms with van der Waals surface area (Å²) in [6.45, 7) is 1.80. The van der Waals surface area contributed by atoms with Crippen molar-refractivity contribution in [3.8, 4) is 0 Å². The Morgan fingerprint density at radius 2 is 1.94 bits per heavy atom. The van der Waals surface area contributed by atoms with Crippen molar-refractivity contribution in [1.82, 2.24) is 4.90 Å². The highest BCUT2D eigenvalue weighted by molar-refractivity contribution is 7.91. The zero-order valence-electron chi connectivity index (χ0n) is 9.60. The molecule has 6 heteroatoms. The number of hydrogen-bond acceptors (Lipinski definition) is 4. The van der Waals surface area contributed by atoms with Crippen molar-refractivity contribution < 1.29 is 18.0 Å². The van der Waals surface area contributed by atoms with E-state index in [1.54, 1.807) is 6.92 Å². The molecule has 92 valence electrons. The normalized spacial score (nSPS) is 21.9. The van der Waals surface area contributed by atoms with E-state index in [0.717, 1.165) is 4.90 Å². The third-order valence-electron chi connectivity index (χ3n) is 2.77. The fourth-order valence-electron chi connectivity index (χ4n) is 1.79. The highest BCUT2D eigenvalue weighted by Crippen LogP contribution is 2.21. The SMILES string of the molecule is CCCS(=O)(=O)CCC1CC(=O)N(C)C1=O. The van der Waals surface area contributed by atoms with Crippen LogP contribution in [0.4, 0.5) is 0 Å². The fourth-order valence-corrected chi connectivity index (χ4v) is 3.26. The van der Waals surface area contributed by atoms with Gasteiger partial charge in [-0.15, -0.1) is 0 Å². The standard InChI is InChI=1S/C10H17NO4S/c1-3-5-16(14,15)6-4-8-7-9(12)11(2)10(8)13/h8H,3-7H2,1-2H3. The lowest BCUT2D eigenvalue weighted by molar-refractivity contribution is -0.137. The summed E-state index contributed by atoms with van der Waals surface area (Å²) in [4.78, 5) is 23.8. The van der Waals surface area contributed by atoms with E-state index in [9.17, 15) is 18.0 Å². The molecule has 0 aromatic carbocycles. The Hall–Kier alpha value is -0.910. The number of carbonyl (C=O) groups is 2. The van der Waals surface area contributed by atoms with Crippen molar-refractivity contribution in [2.24, 2.45) is 5.92 Å². The molecule has 1 atom stereocenters. The van der Waals surface area contributed by atoms with E-state index in [-0.39, 0.29) is 36.2 Å². The van der Waals surface area contributed by atoms with E-state index < -0.39 is 15.8 Å². The van der Waals surface area contributed by atoms with Crippen LogP contribution >= 0.6 is 0 Å².